The van der Waals surface area contributed by atoms with E-state index in [1.807, 2.05) is 6.92 Å². The minimum absolute atomic E-state index is 0.0447. The van der Waals surface area contributed by atoms with Crippen molar-refractivity contribution in [2.75, 3.05) is 13.2 Å². The van der Waals surface area contributed by atoms with Crippen molar-refractivity contribution in [1.29, 1.82) is 0 Å². The number of nitrogens with one attached hydrogen (secondary N) is 1. The summed E-state index contributed by atoms with van der Waals surface area (Å²) in [5.41, 5.74) is -0.610. The van der Waals surface area contributed by atoms with Gasteiger partial charge in [-0.1, -0.05) is 6.92 Å². The van der Waals surface area contributed by atoms with Gasteiger partial charge in [0.2, 0.25) is 5.82 Å². The molecule has 1 rings (SSSR count). The molecule has 6 nitrogen and oxygen atoms in total. The average molecular weight is 284 g/mol. The summed E-state index contributed by atoms with van der Waals surface area (Å²) in [7, 11) is 0. The second-order valence-electron chi connectivity index (χ2n) is 4.61. The summed E-state index contributed by atoms with van der Waals surface area (Å²) in [5, 5.41) is 21.9. The number of hydrogen-bond donors (Lipinski definition) is 2. The number of rotatable bonds is 7. The number of aliphatic hydroxyl groups is 1. The zero-order valence-corrected chi connectivity index (χ0v) is 11.1. The molecule has 0 radical (unpaired) electrons. The fourth-order valence-corrected chi connectivity index (χ4v) is 1.64. The molecule has 1 aromatic carbocycles. The highest BCUT2D eigenvalue weighted by molar-refractivity contribution is 5.94. The lowest BCUT2D eigenvalue weighted by Crippen LogP contribution is -2.25. The molecule has 1 unspecified atom stereocenters. The Bertz CT molecular complexity index is 493. The van der Waals surface area contributed by atoms with E-state index in [1.165, 1.54) is 6.07 Å². The second kappa shape index (κ2) is 7.54. The molecular weight excluding hydrogens is 267 g/mol. The number of nitrogens with zero attached hydrogens (tertiary/aromatic N) is 1. The van der Waals surface area contributed by atoms with Gasteiger partial charge in [0.25, 0.3) is 5.91 Å². The molecular formula is C13H17FN2O4. The van der Waals surface area contributed by atoms with Crippen molar-refractivity contribution in [1.82, 2.24) is 5.32 Å². The van der Waals surface area contributed by atoms with Crippen LogP contribution in [0.2, 0.25) is 0 Å². The minimum Gasteiger partial charge on any atom is -0.396 e. The zero-order valence-electron chi connectivity index (χ0n) is 11.1. The third-order valence-electron chi connectivity index (χ3n) is 2.88. The number of nitro benzene ring substituents is 1. The first kappa shape index (κ1) is 16.0. The van der Waals surface area contributed by atoms with Gasteiger partial charge in [-0.3, -0.25) is 14.9 Å². The monoisotopic (exact) mass is 284 g/mol. The molecule has 0 saturated heterocycles. The lowest BCUT2D eigenvalue weighted by Gasteiger charge is -2.08. The van der Waals surface area contributed by atoms with Crippen molar-refractivity contribution < 1.29 is 19.2 Å². The fourth-order valence-electron chi connectivity index (χ4n) is 1.64. The third-order valence-corrected chi connectivity index (χ3v) is 2.88. The van der Waals surface area contributed by atoms with Crippen LogP contribution in [0, 0.1) is 21.8 Å². The summed E-state index contributed by atoms with van der Waals surface area (Å²) >= 11 is 0. The predicted molar refractivity (Wildman–Crippen MR) is 70.9 cm³/mol. The van der Waals surface area contributed by atoms with Crippen LogP contribution >= 0.6 is 0 Å². The van der Waals surface area contributed by atoms with E-state index in [4.69, 9.17) is 5.11 Å². The van der Waals surface area contributed by atoms with Crippen LogP contribution in [0.4, 0.5) is 10.1 Å². The maximum atomic E-state index is 13.4. The van der Waals surface area contributed by atoms with Gasteiger partial charge in [-0.05, 0) is 30.9 Å². The van der Waals surface area contributed by atoms with Gasteiger partial charge in [-0.2, -0.15) is 4.39 Å². The van der Waals surface area contributed by atoms with E-state index >= 15 is 0 Å². The number of carbonyl (C=O) groups excluding carboxylic acids is 1. The summed E-state index contributed by atoms with van der Waals surface area (Å²) in [6.07, 6.45) is 1.47. The van der Waals surface area contributed by atoms with E-state index in [0.29, 0.717) is 13.0 Å². The molecule has 0 aliphatic heterocycles. The number of aliphatic hydroxyl groups excluding tert-OH is 1. The zero-order chi connectivity index (χ0) is 15.1. The van der Waals surface area contributed by atoms with Crippen LogP contribution in [0.5, 0.6) is 0 Å². The van der Waals surface area contributed by atoms with Crippen LogP contribution < -0.4 is 5.32 Å². The van der Waals surface area contributed by atoms with E-state index in [-0.39, 0.29) is 18.1 Å². The van der Waals surface area contributed by atoms with Crippen LogP contribution in [0.1, 0.15) is 30.1 Å². The molecule has 0 aromatic heterocycles. The Morgan fingerprint density at radius 1 is 1.55 bits per heavy atom. The summed E-state index contributed by atoms with van der Waals surface area (Å²) in [6, 6.07) is 3.04. The molecule has 1 aromatic rings. The summed E-state index contributed by atoms with van der Waals surface area (Å²) in [5.74, 6) is -1.34. The first-order chi connectivity index (χ1) is 9.45. The molecule has 0 saturated carbocycles. The van der Waals surface area contributed by atoms with Crippen LogP contribution in [0.3, 0.4) is 0 Å². The van der Waals surface area contributed by atoms with Crippen LogP contribution in [0.25, 0.3) is 0 Å². The molecule has 0 heterocycles. The minimum atomic E-state index is -1.03. The largest absolute Gasteiger partial charge is 0.396 e. The first-order valence-electron chi connectivity index (χ1n) is 6.28. The number of hydrogen-bond acceptors (Lipinski definition) is 4. The second-order valence-corrected chi connectivity index (χ2v) is 4.61. The van der Waals surface area contributed by atoms with E-state index in [2.05, 4.69) is 5.32 Å². The highest BCUT2D eigenvalue weighted by atomic mass is 19.1. The van der Waals surface area contributed by atoms with Crippen molar-refractivity contribution in [2.24, 2.45) is 5.92 Å². The standard InChI is InChI=1S/C13H17FN2O4/c1-9(8-17)3-2-6-15-13(18)10-4-5-12(16(19)20)11(14)7-10/h4-5,7,9,17H,2-3,6,8H2,1H3,(H,15,18). The lowest BCUT2D eigenvalue weighted by atomic mass is 10.1. The van der Waals surface area contributed by atoms with Gasteiger partial charge in [0.15, 0.2) is 0 Å². The SMILES string of the molecule is CC(CO)CCCNC(=O)c1ccc([N+](=O)[O-])c(F)c1. The molecule has 110 valence electrons. The quantitative estimate of drug-likeness (QED) is 0.454. The maximum Gasteiger partial charge on any atom is 0.304 e. The van der Waals surface area contributed by atoms with E-state index in [1.54, 1.807) is 0 Å². The van der Waals surface area contributed by atoms with Gasteiger partial charge in [0, 0.05) is 24.8 Å². The summed E-state index contributed by atoms with van der Waals surface area (Å²) in [4.78, 5) is 21.3. The van der Waals surface area contributed by atoms with Gasteiger partial charge in [-0.15, -0.1) is 0 Å². The third kappa shape index (κ3) is 4.58. The maximum absolute atomic E-state index is 13.4. The van der Waals surface area contributed by atoms with E-state index in [0.717, 1.165) is 18.6 Å². The molecule has 0 aliphatic rings. The number of amides is 1. The summed E-state index contributed by atoms with van der Waals surface area (Å²) in [6.45, 7) is 2.40. The van der Waals surface area contributed by atoms with Gasteiger partial charge >= 0.3 is 5.69 Å². The van der Waals surface area contributed by atoms with Gasteiger partial charge in [-0.25, -0.2) is 0 Å². The van der Waals surface area contributed by atoms with Gasteiger partial charge < -0.3 is 10.4 Å². The molecule has 0 spiro atoms. The van der Waals surface area contributed by atoms with Crippen molar-refractivity contribution in [2.45, 2.75) is 19.8 Å². The lowest BCUT2D eigenvalue weighted by molar-refractivity contribution is -0.387. The van der Waals surface area contributed by atoms with Crippen molar-refractivity contribution in [3.63, 3.8) is 0 Å². The van der Waals surface area contributed by atoms with Crippen molar-refractivity contribution in [3.8, 4) is 0 Å². The Morgan fingerprint density at radius 2 is 2.25 bits per heavy atom. The normalized spacial score (nSPS) is 11.9. The topological polar surface area (TPSA) is 92.5 Å². The molecule has 0 aliphatic carbocycles. The smallest absolute Gasteiger partial charge is 0.304 e. The molecule has 7 heteroatoms. The Morgan fingerprint density at radius 3 is 2.80 bits per heavy atom. The van der Waals surface area contributed by atoms with Gasteiger partial charge in [0.1, 0.15) is 0 Å². The molecule has 0 fully saturated rings. The van der Waals surface area contributed by atoms with E-state index in [9.17, 15) is 19.3 Å². The number of halogens is 1. The van der Waals surface area contributed by atoms with Crippen LogP contribution in [-0.4, -0.2) is 29.1 Å². The predicted octanol–water partition coefficient (Wildman–Crippen LogP) is 1.87. The summed E-state index contributed by atoms with van der Waals surface area (Å²) < 4.78 is 13.4. The fraction of sp³-hybridized carbons (Fsp3) is 0.462. The Hall–Kier alpha value is -2.02. The Labute approximate surface area is 115 Å². The van der Waals surface area contributed by atoms with E-state index < -0.39 is 22.3 Å². The Balaban J connectivity index is 2.52. The Kier molecular flexibility index (Phi) is 6.05. The molecule has 20 heavy (non-hydrogen) atoms. The average Bonchev–Trinajstić information content (AvgIpc) is 2.42. The van der Waals surface area contributed by atoms with Gasteiger partial charge in [0.05, 0.1) is 4.92 Å². The first-order valence-corrected chi connectivity index (χ1v) is 6.28. The van der Waals surface area contributed by atoms with Crippen molar-refractivity contribution >= 4 is 11.6 Å². The highest BCUT2D eigenvalue weighted by Crippen LogP contribution is 2.17. The molecule has 0 bridgehead atoms. The molecule has 1 atom stereocenters. The van der Waals surface area contributed by atoms with Crippen molar-refractivity contribution in [3.05, 3.63) is 39.7 Å². The van der Waals surface area contributed by atoms with Crippen LogP contribution in [0.15, 0.2) is 18.2 Å². The number of nitro groups is 1. The number of benzene rings is 1. The molecule has 2 N–H and O–H groups in total. The molecule has 1 amide bonds. The van der Waals surface area contributed by atoms with Crippen LogP contribution in [-0.2, 0) is 0 Å². The number of carbonyl (C=O) groups is 1. The highest BCUT2D eigenvalue weighted by Gasteiger charge is 2.16.